The maximum atomic E-state index is 12.5. The van der Waals surface area contributed by atoms with E-state index in [1.807, 2.05) is 0 Å². The quantitative estimate of drug-likeness (QED) is 0.738. The number of carbonyl (C=O) groups is 1. The molecule has 2 fully saturated rings. The Morgan fingerprint density at radius 3 is 2.13 bits per heavy atom. The van der Waals surface area contributed by atoms with Crippen molar-refractivity contribution < 1.29 is 17.9 Å². The third-order valence-corrected chi connectivity index (χ3v) is 6.57. The lowest BCUT2D eigenvalue weighted by Crippen LogP contribution is -2.44. The van der Waals surface area contributed by atoms with Gasteiger partial charge >= 0.3 is 5.97 Å². The standard InChI is InChI=1S/C17H31NO4S/c1-15(2,3)12-16(4,5)13-11-17(14(19)22-13)7-9-18(10-8-17)23(6,20)21/h13H,7-12H2,1-6H3. The second kappa shape index (κ2) is 5.73. The Kier molecular flexibility index (Phi) is 4.66. The molecular formula is C17H31NO4S. The van der Waals surface area contributed by atoms with E-state index in [4.69, 9.17) is 4.74 Å². The van der Waals surface area contributed by atoms with Crippen LogP contribution in [-0.2, 0) is 19.6 Å². The zero-order valence-electron chi connectivity index (χ0n) is 15.3. The molecule has 2 heterocycles. The minimum absolute atomic E-state index is 0.0780. The van der Waals surface area contributed by atoms with Crippen LogP contribution in [0.25, 0.3) is 0 Å². The number of piperidine rings is 1. The Hall–Kier alpha value is -0.620. The maximum Gasteiger partial charge on any atom is 0.312 e. The molecule has 0 aromatic heterocycles. The molecule has 6 heteroatoms. The minimum Gasteiger partial charge on any atom is -0.461 e. The van der Waals surface area contributed by atoms with Gasteiger partial charge in [-0.15, -0.1) is 0 Å². The molecule has 2 saturated heterocycles. The van der Waals surface area contributed by atoms with Crippen molar-refractivity contribution in [1.82, 2.24) is 4.31 Å². The number of hydrogen-bond donors (Lipinski definition) is 0. The predicted molar refractivity (Wildman–Crippen MR) is 90.4 cm³/mol. The molecular weight excluding hydrogens is 314 g/mol. The Bertz CT molecular complexity index is 566. The number of nitrogens with zero attached hydrogens (tertiary/aromatic N) is 1. The fourth-order valence-electron chi connectivity index (χ4n) is 4.30. The molecule has 0 bridgehead atoms. The second-order valence-electron chi connectivity index (χ2n) is 9.27. The SMILES string of the molecule is CC(C)(C)CC(C)(C)C1CC2(CCN(S(C)(=O)=O)CC2)C(=O)O1. The van der Waals surface area contributed by atoms with Crippen LogP contribution in [0.5, 0.6) is 0 Å². The first-order valence-corrected chi connectivity index (χ1v) is 10.3. The molecule has 2 aliphatic rings. The summed E-state index contributed by atoms with van der Waals surface area (Å²) < 4.78 is 30.6. The predicted octanol–water partition coefficient (Wildman–Crippen LogP) is 2.81. The van der Waals surface area contributed by atoms with Gasteiger partial charge in [-0.2, -0.15) is 0 Å². The van der Waals surface area contributed by atoms with Crippen LogP contribution in [0, 0.1) is 16.2 Å². The molecule has 1 atom stereocenters. The summed E-state index contributed by atoms with van der Waals surface area (Å²) in [5, 5.41) is 0. The number of carbonyl (C=O) groups excluding carboxylic acids is 1. The van der Waals surface area contributed by atoms with Gasteiger partial charge in [0.1, 0.15) is 6.10 Å². The first-order chi connectivity index (χ1) is 10.3. The fourth-order valence-corrected chi connectivity index (χ4v) is 5.15. The van der Waals surface area contributed by atoms with Crippen LogP contribution in [0.15, 0.2) is 0 Å². The first kappa shape index (κ1) is 18.7. The molecule has 0 N–H and O–H groups in total. The summed E-state index contributed by atoms with van der Waals surface area (Å²) >= 11 is 0. The van der Waals surface area contributed by atoms with E-state index >= 15 is 0 Å². The molecule has 0 aromatic carbocycles. The van der Waals surface area contributed by atoms with Gasteiger partial charge in [0.05, 0.1) is 11.7 Å². The van der Waals surface area contributed by atoms with Gasteiger partial charge in [0, 0.05) is 24.9 Å². The summed E-state index contributed by atoms with van der Waals surface area (Å²) in [4.78, 5) is 12.5. The highest BCUT2D eigenvalue weighted by molar-refractivity contribution is 7.88. The molecule has 0 saturated carbocycles. The largest absolute Gasteiger partial charge is 0.461 e. The molecule has 1 unspecified atom stereocenters. The second-order valence-corrected chi connectivity index (χ2v) is 11.2. The van der Waals surface area contributed by atoms with Crippen LogP contribution < -0.4 is 0 Å². The van der Waals surface area contributed by atoms with E-state index < -0.39 is 15.4 Å². The van der Waals surface area contributed by atoms with Gasteiger partial charge in [-0.25, -0.2) is 12.7 Å². The van der Waals surface area contributed by atoms with Crippen molar-refractivity contribution >= 4 is 16.0 Å². The smallest absolute Gasteiger partial charge is 0.312 e. The molecule has 0 amide bonds. The Morgan fingerprint density at radius 2 is 1.70 bits per heavy atom. The molecule has 0 aromatic rings. The molecule has 2 aliphatic heterocycles. The van der Waals surface area contributed by atoms with Crippen molar-refractivity contribution in [3.63, 3.8) is 0 Å². The number of hydrogen-bond acceptors (Lipinski definition) is 4. The molecule has 5 nitrogen and oxygen atoms in total. The van der Waals surface area contributed by atoms with E-state index in [-0.39, 0.29) is 22.9 Å². The fraction of sp³-hybridized carbons (Fsp3) is 0.941. The van der Waals surface area contributed by atoms with Crippen LogP contribution in [0.3, 0.4) is 0 Å². The van der Waals surface area contributed by atoms with Crippen LogP contribution in [0.2, 0.25) is 0 Å². The topological polar surface area (TPSA) is 63.7 Å². The first-order valence-electron chi connectivity index (χ1n) is 8.42. The molecule has 134 valence electrons. The Labute approximate surface area is 140 Å². The van der Waals surface area contributed by atoms with Gasteiger partial charge in [-0.3, -0.25) is 4.79 Å². The highest BCUT2D eigenvalue weighted by atomic mass is 32.2. The summed E-state index contributed by atoms with van der Waals surface area (Å²) in [7, 11) is -3.17. The number of ether oxygens (including phenoxy) is 1. The summed E-state index contributed by atoms with van der Waals surface area (Å²) in [5.41, 5.74) is -0.391. The highest BCUT2D eigenvalue weighted by Crippen LogP contribution is 2.50. The Morgan fingerprint density at radius 1 is 1.17 bits per heavy atom. The third kappa shape index (κ3) is 4.08. The van der Waals surface area contributed by atoms with E-state index in [9.17, 15) is 13.2 Å². The van der Waals surface area contributed by atoms with Gasteiger partial charge in [-0.1, -0.05) is 34.6 Å². The molecule has 0 aliphatic carbocycles. The van der Waals surface area contributed by atoms with Crippen molar-refractivity contribution in [2.45, 2.75) is 66.4 Å². The number of cyclic esters (lactones) is 1. The van der Waals surface area contributed by atoms with Crippen molar-refractivity contribution in [2.24, 2.45) is 16.2 Å². The van der Waals surface area contributed by atoms with Crippen LogP contribution in [0.4, 0.5) is 0 Å². The summed E-state index contributed by atoms with van der Waals surface area (Å²) in [6.45, 7) is 11.8. The zero-order valence-corrected chi connectivity index (χ0v) is 16.1. The molecule has 2 rings (SSSR count). The van der Waals surface area contributed by atoms with Crippen LogP contribution in [-0.4, -0.2) is 44.1 Å². The van der Waals surface area contributed by atoms with Crippen LogP contribution in [0.1, 0.15) is 60.3 Å². The van der Waals surface area contributed by atoms with E-state index in [1.165, 1.54) is 10.6 Å². The lowest BCUT2D eigenvalue weighted by Gasteiger charge is -2.38. The van der Waals surface area contributed by atoms with E-state index in [1.54, 1.807) is 0 Å². The monoisotopic (exact) mass is 345 g/mol. The summed E-state index contributed by atoms with van der Waals surface area (Å²) in [6.07, 6.45) is 3.98. The van der Waals surface area contributed by atoms with Crippen molar-refractivity contribution in [3.05, 3.63) is 0 Å². The van der Waals surface area contributed by atoms with E-state index in [0.717, 1.165) is 6.42 Å². The normalized spacial score (nSPS) is 26.5. The zero-order chi connectivity index (χ0) is 17.7. The molecule has 1 spiro atoms. The number of rotatable bonds is 3. The Balaban J connectivity index is 2.09. The number of esters is 1. The summed E-state index contributed by atoms with van der Waals surface area (Å²) in [6, 6.07) is 0. The van der Waals surface area contributed by atoms with Gasteiger partial charge < -0.3 is 4.74 Å². The third-order valence-electron chi connectivity index (χ3n) is 5.26. The minimum atomic E-state index is -3.17. The van der Waals surface area contributed by atoms with E-state index in [2.05, 4.69) is 34.6 Å². The molecule has 23 heavy (non-hydrogen) atoms. The van der Waals surface area contributed by atoms with Crippen LogP contribution >= 0.6 is 0 Å². The molecule has 0 radical (unpaired) electrons. The van der Waals surface area contributed by atoms with Gasteiger partial charge in [0.2, 0.25) is 10.0 Å². The average molecular weight is 346 g/mol. The number of sulfonamides is 1. The maximum absolute atomic E-state index is 12.5. The van der Waals surface area contributed by atoms with E-state index in [0.29, 0.717) is 32.4 Å². The van der Waals surface area contributed by atoms with Gasteiger partial charge in [0.25, 0.3) is 0 Å². The van der Waals surface area contributed by atoms with Gasteiger partial charge in [-0.05, 0) is 24.7 Å². The highest BCUT2D eigenvalue weighted by Gasteiger charge is 2.54. The summed E-state index contributed by atoms with van der Waals surface area (Å²) in [5.74, 6) is -0.127. The van der Waals surface area contributed by atoms with Crippen molar-refractivity contribution in [1.29, 1.82) is 0 Å². The van der Waals surface area contributed by atoms with Crippen molar-refractivity contribution in [2.75, 3.05) is 19.3 Å². The average Bonchev–Trinajstić information content (AvgIpc) is 2.64. The lowest BCUT2D eigenvalue weighted by molar-refractivity contribution is -0.153. The van der Waals surface area contributed by atoms with Gasteiger partial charge in [0.15, 0.2) is 0 Å². The van der Waals surface area contributed by atoms with Crippen molar-refractivity contribution in [3.8, 4) is 0 Å². The lowest BCUT2D eigenvalue weighted by atomic mass is 9.68.